The summed E-state index contributed by atoms with van der Waals surface area (Å²) in [6.07, 6.45) is 0.671. The third kappa shape index (κ3) is 4.78. The average molecular weight is 287 g/mol. The number of nitrogens with zero attached hydrogens (tertiary/aromatic N) is 1. The molecule has 1 unspecified atom stereocenters. The minimum absolute atomic E-state index is 0.255. The smallest absolute Gasteiger partial charge is 0.431 e. The van der Waals surface area contributed by atoms with Gasteiger partial charge in [-0.25, -0.2) is 20.0 Å². The Morgan fingerprint density at radius 3 is 2.70 bits per heavy atom. The van der Waals surface area contributed by atoms with Crippen molar-refractivity contribution in [2.24, 2.45) is 0 Å². The molecule has 0 bridgehead atoms. The second kappa shape index (κ2) is 7.81. The molecule has 1 rings (SSSR count). The van der Waals surface area contributed by atoms with Crippen LogP contribution in [0.1, 0.15) is 26.7 Å². The lowest BCUT2D eigenvalue weighted by Gasteiger charge is -2.21. The van der Waals surface area contributed by atoms with Crippen molar-refractivity contribution < 1.29 is 23.9 Å². The van der Waals surface area contributed by atoms with E-state index < -0.39 is 30.1 Å². The van der Waals surface area contributed by atoms with Crippen LogP contribution >= 0.6 is 0 Å². The summed E-state index contributed by atoms with van der Waals surface area (Å²) in [6, 6.07) is -1.15. The molecule has 8 heteroatoms. The lowest BCUT2D eigenvalue weighted by atomic mass is 10.2. The summed E-state index contributed by atoms with van der Waals surface area (Å²) in [6.45, 7) is 4.23. The Bertz CT molecular complexity index is 368. The van der Waals surface area contributed by atoms with Gasteiger partial charge in [0.1, 0.15) is 12.1 Å². The van der Waals surface area contributed by atoms with Crippen molar-refractivity contribution in [1.82, 2.24) is 15.8 Å². The molecule has 1 aliphatic rings. The predicted molar refractivity (Wildman–Crippen MR) is 69.5 cm³/mol. The van der Waals surface area contributed by atoms with Crippen LogP contribution in [0.15, 0.2) is 0 Å². The van der Waals surface area contributed by atoms with Crippen molar-refractivity contribution in [3.8, 4) is 0 Å². The van der Waals surface area contributed by atoms with E-state index in [2.05, 4.69) is 10.7 Å². The van der Waals surface area contributed by atoms with E-state index in [9.17, 15) is 14.4 Å². The largest absolute Gasteiger partial charge is 0.465 e. The number of ether oxygens (including phenoxy) is 2. The van der Waals surface area contributed by atoms with E-state index in [0.29, 0.717) is 6.42 Å². The molecule has 8 nitrogen and oxygen atoms in total. The van der Waals surface area contributed by atoms with Gasteiger partial charge in [0.25, 0.3) is 0 Å². The molecule has 0 aromatic heterocycles. The highest BCUT2D eigenvalue weighted by atomic mass is 16.6. The van der Waals surface area contributed by atoms with Crippen LogP contribution in [0.3, 0.4) is 0 Å². The average Bonchev–Trinajstić information content (AvgIpc) is 2.92. The van der Waals surface area contributed by atoms with Crippen molar-refractivity contribution in [2.45, 2.75) is 38.8 Å². The van der Waals surface area contributed by atoms with Gasteiger partial charge in [0.15, 0.2) is 0 Å². The van der Waals surface area contributed by atoms with E-state index >= 15 is 0 Å². The van der Waals surface area contributed by atoms with E-state index in [1.807, 2.05) is 0 Å². The summed E-state index contributed by atoms with van der Waals surface area (Å²) in [5, 5.41) is 3.89. The molecule has 114 valence electrons. The first kappa shape index (κ1) is 16.4. The Balaban J connectivity index is 2.38. The number of hydrogen-bond donors (Lipinski definition) is 2. The maximum Gasteiger partial charge on any atom is 0.431 e. The summed E-state index contributed by atoms with van der Waals surface area (Å²) in [5.41, 5.74) is 2.57. The Labute approximate surface area is 117 Å². The Kier molecular flexibility index (Phi) is 6.40. The number of amides is 1. The van der Waals surface area contributed by atoms with E-state index in [1.165, 1.54) is 7.05 Å². The van der Waals surface area contributed by atoms with Crippen LogP contribution in [0, 0.1) is 0 Å². The molecule has 0 aromatic rings. The summed E-state index contributed by atoms with van der Waals surface area (Å²) < 4.78 is 9.50. The SMILES string of the molecule is CCOC(=O)C(C)NN(C)C(=O)OC(=O)[C@@H]1CCCN1. The zero-order chi connectivity index (χ0) is 15.1. The van der Waals surface area contributed by atoms with Gasteiger partial charge in [0, 0.05) is 7.05 Å². The molecule has 1 heterocycles. The van der Waals surface area contributed by atoms with Gasteiger partial charge in [0.2, 0.25) is 0 Å². The van der Waals surface area contributed by atoms with Crippen molar-refractivity contribution >= 4 is 18.0 Å². The number of carbonyl (C=O) groups is 3. The first-order chi connectivity index (χ1) is 9.45. The Morgan fingerprint density at radius 1 is 1.45 bits per heavy atom. The van der Waals surface area contributed by atoms with Gasteiger partial charge in [0.05, 0.1) is 6.61 Å². The van der Waals surface area contributed by atoms with Crippen LogP contribution in [0.25, 0.3) is 0 Å². The highest BCUT2D eigenvalue weighted by Gasteiger charge is 2.27. The second-order valence-electron chi connectivity index (χ2n) is 4.50. The van der Waals surface area contributed by atoms with Crippen LogP contribution in [-0.2, 0) is 19.1 Å². The molecule has 1 fully saturated rings. The molecule has 2 atom stereocenters. The fourth-order valence-corrected chi connectivity index (χ4v) is 1.77. The van der Waals surface area contributed by atoms with E-state index in [1.54, 1.807) is 13.8 Å². The third-order valence-corrected chi connectivity index (χ3v) is 2.83. The molecule has 1 amide bonds. The Hall–Kier alpha value is -1.67. The van der Waals surface area contributed by atoms with Gasteiger partial charge in [-0.15, -0.1) is 0 Å². The van der Waals surface area contributed by atoms with Crippen LogP contribution < -0.4 is 10.7 Å². The van der Waals surface area contributed by atoms with Gasteiger partial charge < -0.3 is 14.8 Å². The summed E-state index contributed by atoms with van der Waals surface area (Å²) in [7, 11) is 1.37. The minimum Gasteiger partial charge on any atom is -0.465 e. The second-order valence-corrected chi connectivity index (χ2v) is 4.50. The number of rotatable bonds is 5. The quantitative estimate of drug-likeness (QED) is 0.410. The molecule has 0 aromatic carbocycles. The molecular formula is C12H21N3O5. The van der Waals surface area contributed by atoms with Crippen LogP contribution in [-0.4, -0.2) is 55.3 Å². The van der Waals surface area contributed by atoms with Gasteiger partial charge in [-0.1, -0.05) is 0 Å². The Morgan fingerprint density at radius 2 is 2.15 bits per heavy atom. The molecule has 0 aliphatic carbocycles. The fourth-order valence-electron chi connectivity index (χ4n) is 1.77. The third-order valence-electron chi connectivity index (χ3n) is 2.83. The minimum atomic E-state index is -0.861. The first-order valence-electron chi connectivity index (χ1n) is 6.61. The number of hydrogen-bond acceptors (Lipinski definition) is 7. The molecule has 2 N–H and O–H groups in total. The summed E-state index contributed by atoms with van der Waals surface area (Å²) >= 11 is 0. The number of nitrogens with one attached hydrogen (secondary N) is 2. The predicted octanol–water partition coefficient (Wildman–Crippen LogP) is -0.210. The maximum atomic E-state index is 11.7. The van der Waals surface area contributed by atoms with Gasteiger partial charge in [-0.05, 0) is 33.2 Å². The first-order valence-corrected chi connectivity index (χ1v) is 6.61. The number of hydrazine groups is 1. The molecule has 20 heavy (non-hydrogen) atoms. The normalized spacial score (nSPS) is 19.2. The van der Waals surface area contributed by atoms with Gasteiger partial charge in [-0.3, -0.25) is 4.79 Å². The van der Waals surface area contributed by atoms with E-state index in [4.69, 9.17) is 9.47 Å². The lowest BCUT2D eigenvalue weighted by Crippen LogP contribution is -2.49. The number of esters is 2. The van der Waals surface area contributed by atoms with E-state index in [0.717, 1.165) is 18.0 Å². The van der Waals surface area contributed by atoms with Crippen molar-refractivity contribution in [1.29, 1.82) is 0 Å². The van der Waals surface area contributed by atoms with Crippen LogP contribution in [0.4, 0.5) is 4.79 Å². The standard InChI is InChI=1S/C12H21N3O5/c1-4-19-10(16)8(2)14-15(3)12(18)20-11(17)9-6-5-7-13-9/h8-9,13-14H,4-7H2,1-3H3/t8?,9-/m0/s1. The highest BCUT2D eigenvalue weighted by molar-refractivity contribution is 5.87. The van der Waals surface area contributed by atoms with Gasteiger partial charge >= 0.3 is 18.0 Å². The van der Waals surface area contributed by atoms with Crippen LogP contribution in [0.2, 0.25) is 0 Å². The molecule has 0 spiro atoms. The summed E-state index contributed by atoms with van der Waals surface area (Å²) in [5.74, 6) is -1.10. The van der Waals surface area contributed by atoms with Crippen molar-refractivity contribution in [2.75, 3.05) is 20.2 Å². The topological polar surface area (TPSA) is 97.0 Å². The zero-order valence-electron chi connectivity index (χ0n) is 12.0. The monoisotopic (exact) mass is 287 g/mol. The maximum absolute atomic E-state index is 11.7. The fraction of sp³-hybridized carbons (Fsp3) is 0.750. The highest BCUT2D eigenvalue weighted by Crippen LogP contribution is 2.07. The summed E-state index contributed by atoms with van der Waals surface area (Å²) in [4.78, 5) is 34.7. The van der Waals surface area contributed by atoms with Crippen LogP contribution in [0.5, 0.6) is 0 Å². The molecule has 0 radical (unpaired) electrons. The lowest BCUT2D eigenvalue weighted by molar-refractivity contribution is -0.146. The molecule has 1 aliphatic heterocycles. The van der Waals surface area contributed by atoms with Crippen molar-refractivity contribution in [3.63, 3.8) is 0 Å². The van der Waals surface area contributed by atoms with E-state index in [-0.39, 0.29) is 6.61 Å². The van der Waals surface area contributed by atoms with Gasteiger partial charge in [-0.2, -0.15) is 0 Å². The number of carbonyl (C=O) groups excluding carboxylic acids is 3. The molecule has 1 saturated heterocycles. The van der Waals surface area contributed by atoms with Crippen molar-refractivity contribution in [3.05, 3.63) is 0 Å². The zero-order valence-corrected chi connectivity index (χ0v) is 12.0. The molecular weight excluding hydrogens is 266 g/mol. The molecule has 0 saturated carbocycles.